The smallest absolute Gasteiger partial charge is 0.178 e. The average molecular weight is 248 g/mol. The van der Waals surface area contributed by atoms with E-state index in [4.69, 9.17) is 0 Å². The van der Waals surface area contributed by atoms with Crippen molar-refractivity contribution in [3.05, 3.63) is 23.0 Å². The average Bonchev–Trinajstić information content (AvgIpc) is 3.03. The number of Topliss-reactive ketones (excluding diaryl/α,β-unsaturated/α-hetero) is 1. The number of carbonyl (C=O) groups excluding carboxylic acids is 1. The minimum absolute atomic E-state index is 0.254. The fraction of sp³-hybridized carbons (Fsp3) is 0.667. The van der Waals surface area contributed by atoms with Gasteiger partial charge in [-0.25, -0.2) is 0 Å². The molecule has 0 aliphatic heterocycles. The number of rotatable bonds is 6. The van der Waals surface area contributed by atoms with Gasteiger partial charge in [0, 0.05) is 29.5 Å². The van der Waals surface area contributed by atoms with Crippen molar-refractivity contribution in [3.63, 3.8) is 0 Å². The van der Waals surface area contributed by atoms with Crippen LogP contribution >= 0.6 is 0 Å². The summed E-state index contributed by atoms with van der Waals surface area (Å²) in [4.78, 5) is 17.9. The van der Waals surface area contributed by atoms with E-state index < -0.39 is 0 Å². The third-order valence-corrected chi connectivity index (χ3v) is 3.46. The van der Waals surface area contributed by atoms with Crippen LogP contribution in [0.15, 0.2) is 6.07 Å². The molecule has 1 saturated carbocycles. The maximum atomic E-state index is 12.3. The molecule has 1 aliphatic rings. The van der Waals surface area contributed by atoms with Gasteiger partial charge in [0.05, 0.1) is 6.54 Å². The van der Waals surface area contributed by atoms with Gasteiger partial charge >= 0.3 is 0 Å². The molecule has 0 bridgehead atoms. The standard InChI is InChI=1S/C15H24N2O/c1-10(2)8-17(13-5-6-13)9-15(18)14-7-11(3)16-12(14)4/h7,10,13,16H,5-6,8-9H2,1-4H3. The quantitative estimate of drug-likeness (QED) is 0.786. The van der Waals surface area contributed by atoms with Crippen LogP contribution in [-0.4, -0.2) is 34.8 Å². The van der Waals surface area contributed by atoms with Crippen molar-refractivity contribution < 1.29 is 4.79 Å². The van der Waals surface area contributed by atoms with Gasteiger partial charge in [-0.1, -0.05) is 13.8 Å². The van der Waals surface area contributed by atoms with Crippen LogP contribution in [0.5, 0.6) is 0 Å². The molecule has 3 heteroatoms. The zero-order valence-corrected chi connectivity index (χ0v) is 11.9. The number of hydrogen-bond donors (Lipinski definition) is 1. The lowest BCUT2D eigenvalue weighted by Crippen LogP contribution is -2.35. The lowest BCUT2D eigenvalue weighted by atomic mass is 10.1. The van der Waals surface area contributed by atoms with E-state index in [2.05, 4.69) is 23.7 Å². The molecule has 1 aromatic rings. The summed E-state index contributed by atoms with van der Waals surface area (Å²) in [5.74, 6) is 0.872. The van der Waals surface area contributed by atoms with Crippen molar-refractivity contribution in [1.29, 1.82) is 0 Å². The third-order valence-electron chi connectivity index (χ3n) is 3.46. The first-order chi connectivity index (χ1) is 8.47. The summed E-state index contributed by atoms with van der Waals surface area (Å²) in [6.45, 7) is 10.00. The molecule has 0 saturated heterocycles. The van der Waals surface area contributed by atoms with Gasteiger partial charge < -0.3 is 4.98 Å². The number of carbonyl (C=O) groups is 1. The molecule has 1 aliphatic carbocycles. The highest BCUT2D eigenvalue weighted by molar-refractivity contribution is 5.98. The van der Waals surface area contributed by atoms with Crippen molar-refractivity contribution in [1.82, 2.24) is 9.88 Å². The van der Waals surface area contributed by atoms with Gasteiger partial charge in [0.2, 0.25) is 0 Å². The normalized spacial score (nSPS) is 15.7. The Hall–Kier alpha value is -1.09. The molecule has 0 spiro atoms. The van der Waals surface area contributed by atoms with Crippen LogP contribution in [0.1, 0.15) is 48.4 Å². The molecule has 0 radical (unpaired) electrons. The zero-order chi connectivity index (χ0) is 13.3. The van der Waals surface area contributed by atoms with E-state index in [0.717, 1.165) is 23.5 Å². The fourth-order valence-electron chi connectivity index (χ4n) is 2.53. The summed E-state index contributed by atoms with van der Waals surface area (Å²) >= 11 is 0. The maximum Gasteiger partial charge on any atom is 0.178 e. The second-order valence-corrected chi connectivity index (χ2v) is 5.97. The minimum atomic E-state index is 0.254. The first-order valence-corrected chi connectivity index (χ1v) is 6.91. The van der Waals surface area contributed by atoms with Gasteiger partial charge in [-0.2, -0.15) is 0 Å². The van der Waals surface area contributed by atoms with E-state index in [9.17, 15) is 4.79 Å². The van der Waals surface area contributed by atoms with E-state index in [1.807, 2.05) is 19.9 Å². The molecule has 0 aromatic carbocycles. The lowest BCUT2D eigenvalue weighted by molar-refractivity contribution is 0.0915. The van der Waals surface area contributed by atoms with Gasteiger partial charge in [0.1, 0.15) is 0 Å². The van der Waals surface area contributed by atoms with Crippen molar-refractivity contribution in [3.8, 4) is 0 Å². The number of aromatic nitrogens is 1. The zero-order valence-electron chi connectivity index (χ0n) is 11.9. The molecule has 0 amide bonds. The Bertz CT molecular complexity index is 430. The third kappa shape index (κ3) is 3.22. The van der Waals surface area contributed by atoms with E-state index >= 15 is 0 Å². The maximum absolute atomic E-state index is 12.3. The fourth-order valence-corrected chi connectivity index (χ4v) is 2.53. The second-order valence-electron chi connectivity index (χ2n) is 5.97. The summed E-state index contributed by atoms with van der Waals surface area (Å²) in [5, 5.41) is 0. The SMILES string of the molecule is Cc1cc(C(=O)CN(CC(C)C)C2CC2)c(C)[nH]1. The molecular formula is C15H24N2O. The van der Waals surface area contributed by atoms with Crippen molar-refractivity contribution in [2.75, 3.05) is 13.1 Å². The molecule has 18 heavy (non-hydrogen) atoms. The summed E-state index contributed by atoms with van der Waals surface area (Å²) in [6.07, 6.45) is 2.51. The van der Waals surface area contributed by atoms with Crippen molar-refractivity contribution >= 4 is 5.78 Å². The van der Waals surface area contributed by atoms with Crippen LogP contribution in [0.4, 0.5) is 0 Å². The Labute approximate surface area is 110 Å². The largest absolute Gasteiger partial charge is 0.362 e. The van der Waals surface area contributed by atoms with Gasteiger partial charge in [-0.3, -0.25) is 9.69 Å². The number of nitrogens with one attached hydrogen (secondary N) is 1. The Kier molecular flexibility index (Phi) is 3.91. The highest BCUT2D eigenvalue weighted by Crippen LogP contribution is 2.27. The van der Waals surface area contributed by atoms with Crippen LogP contribution in [0.25, 0.3) is 0 Å². The van der Waals surface area contributed by atoms with Gasteiger partial charge in [-0.05, 0) is 38.7 Å². The van der Waals surface area contributed by atoms with Gasteiger partial charge in [-0.15, -0.1) is 0 Å². The summed E-state index contributed by atoms with van der Waals surface area (Å²) in [5.41, 5.74) is 2.93. The Morgan fingerprint density at radius 2 is 2.11 bits per heavy atom. The highest BCUT2D eigenvalue weighted by Gasteiger charge is 2.31. The summed E-state index contributed by atoms with van der Waals surface area (Å²) < 4.78 is 0. The van der Waals surface area contributed by atoms with E-state index in [1.165, 1.54) is 12.8 Å². The number of ketones is 1. The molecule has 100 valence electrons. The summed E-state index contributed by atoms with van der Waals surface area (Å²) in [7, 11) is 0. The molecule has 2 rings (SSSR count). The van der Waals surface area contributed by atoms with Crippen LogP contribution in [-0.2, 0) is 0 Å². The van der Waals surface area contributed by atoms with E-state index in [-0.39, 0.29) is 5.78 Å². The van der Waals surface area contributed by atoms with Crippen molar-refractivity contribution in [2.24, 2.45) is 5.92 Å². The van der Waals surface area contributed by atoms with Crippen molar-refractivity contribution in [2.45, 2.75) is 46.6 Å². The molecule has 1 fully saturated rings. The van der Waals surface area contributed by atoms with Crippen LogP contribution in [0.2, 0.25) is 0 Å². The number of aromatic amines is 1. The van der Waals surface area contributed by atoms with Gasteiger partial charge in [0.25, 0.3) is 0 Å². The minimum Gasteiger partial charge on any atom is -0.362 e. The first kappa shape index (κ1) is 13.3. The van der Waals surface area contributed by atoms with E-state index in [1.54, 1.807) is 0 Å². The second kappa shape index (κ2) is 5.27. The van der Waals surface area contributed by atoms with Crippen LogP contribution in [0.3, 0.4) is 0 Å². The van der Waals surface area contributed by atoms with Crippen LogP contribution in [0, 0.1) is 19.8 Å². The van der Waals surface area contributed by atoms with Crippen LogP contribution < -0.4 is 0 Å². The molecule has 1 N–H and O–H groups in total. The number of aryl methyl sites for hydroxylation is 2. The Morgan fingerprint density at radius 3 is 2.56 bits per heavy atom. The predicted molar refractivity (Wildman–Crippen MR) is 74.0 cm³/mol. The number of H-pyrrole nitrogens is 1. The molecular weight excluding hydrogens is 224 g/mol. The number of nitrogens with zero attached hydrogens (tertiary/aromatic N) is 1. The highest BCUT2D eigenvalue weighted by atomic mass is 16.1. The molecule has 0 atom stereocenters. The molecule has 3 nitrogen and oxygen atoms in total. The first-order valence-electron chi connectivity index (χ1n) is 6.91. The van der Waals surface area contributed by atoms with Gasteiger partial charge in [0.15, 0.2) is 5.78 Å². The lowest BCUT2D eigenvalue weighted by Gasteiger charge is -2.23. The Balaban J connectivity index is 2.02. The number of hydrogen-bond acceptors (Lipinski definition) is 2. The monoisotopic (exact) mass is 248 g/mol. The predicted octanol–water partition coefficient (Wildman–Crippen LogP) is 2.93. The topological polar surface area (TPSA) is 36.1 Å². The molecule has 0 unspecified atom stereocenters. The molecule has 1 aromatic heterocycles. The van der Waals surface area contributed by atoms with E-state index in [0.29, 0.717) is 18.5 Å². The summed E-state index contributed by atoms with van der Waals surface area (Å²) in [6, 6.07) is 2.62. The Morgan fingerprint density at radius 1 is 1.44 bits per heavy atom. The molecule has 1 heterocycles.